The maximum Gasteiger partial charge on any atom is 0.241 e. The molecule has 14 heavy (non-hydrogen) atoms. The van der Waals surface area contributed by atoms with E-state index in [0.717, 1.165) is 0 Å². The van der Waals surface area contributed by atoms with Crippen LogP contribution in [-0.2, 0) is 6.61 Å². The van der Waals surface area contributed by atoms with E-state index in [-0.39, 0.29) is 18.4 Å². The number of aliphatic hydroxyl groups is 1. The van der Waals surface area contributed by atoms with Crippen LogP contribution in [0.25, 0.3) is 0 Å². The molecule has 0 aromatic carbocycles. The Balaban J connectivity index is 0. The standard InChI is InChI=1S/C6H10N2O2.2C2H6/c1-4(2)6-8-7-5(3-9)10-6;2*1-2/h4,9H,3H2,1-2H3;2*1-2H3. The second-order valence-electron chi connectivity index (χ2n) is 2.35. The largest absolute Gasteiger partial charge is 0.422 e. The quantitative estimate of drug-likeness (QED) is 0.801. The SMILES string of the molecule is CC.CC.CC(C)c1nnc(CO)o1. The molecule has 0 radical (unpaired) electrons. The van der Waals surface area contributed by atoms with E-state index < -0.39 is 0 Å². The molecule has 4 heteroatoms. The number of hydrogen-bond acceptors (Lipinski definition) is 4. The fraction of sp³-hybridized carbons (Fsp3) is 0.800. The smallest absolute Gasteiger partial charge is 0.241 e. The van der Waals surface area contributed by atoms with Crippen LogP contribution >= 0.6 is 0 Å². The average molecular weight is 202 g/mol. The van der Waals surface area contributed by atoms with Crippen LogP contribution in [-0.4, -0.2) is 15.3 Å². The van der Waals surface area contributed by atoms with Crippen LogP contribution in [0.5, 0.6) is 0 Å². The third kappa shape index (κ3) is 5.70. The van der Waals surface area contributed by atoms with Gasteiger partial charge in [0.05, 0.1) is 0 Å². The van der Waals surface area contributed by atoms with Crippen LogP contribution in [0.1, 0.15) is 59.2 Å². The summed E-state index contributed by atoms with van der Waals surface area (Å²) in [5, 5.41) is 15.8. The van der Waals surface area contributed by atoms with Gasteiger partial charge in [0, 0.05) is 5.92 Å². The molecule has 1 N–H and O–H groups in total. The molecule has 0 bridgehead atoms. The van der Waals surface area contributed by atoms with Crippen molar-refractivity contribution in [1.29, 1.82) is 0 Å². The van der Waals surface area contributed by atoms with Crippen LogP contribution in [0.4, 0.5) is 0 Å². The number of aliphatic hydroxyl groups excluding tert-OH is 1. The van der Waals surface area contributed by atoms with Crippen molar-refractivity contribution in [3.05, 3.63) is 11.8 Å². The van der Waals surface area contributed by atoms with E-state index in [4.69, 9.17) is 9.52 Å². The molecule has 1 aromatic rings. The van der Waals surface area contributed by atoms with Gasteiger partial charge in [-0.3, -0.25) is 0 Å². The molecule has 1 rings (SSSR count). The summed E-state index contributed by atoms with van der Waals surface area (Å²) in [5.74, 6) is 1.08. The van der Waals surface area contributed by atoms with Gasteiger partial charge >= 0.3 is 0 Å². The van der Waals surface area contributed by atoms with E-state index in [1.165, 1.54) is 0 Å². The number of hydrogen-bond donors (Lipinski definition) is 1. The van der Waals surface area contributed by atoms with Crippen LogP contribution < -0.4 is 0 Å². The number of rotatable bonds is 2. The van der Waals surface area contributed by atoms with E-state index in [2.05, 4.69) is 10.2 Å². The van der Waals surface area contributed by atoms with Gasteiger partial charge in [-0.2, -0.15) is 0 Å². The molecular weight excluding hydrogens is 180 g/mol. The van der Waals surface area contributed by atoms with E-state index in [1.807, 2.05) is 41.5 Å². The summed E-state index contributed by atoms with van der Waals surface area (Å²) in [4.78, 5) is 0. The highest BCUT2D eigenvalue weighted by atomic mass is 16.4. The van der Waals surface area contributed by atoms with Gasteiger partial charge < -0.3 is 9.52 Å². The first kappa shape index (κ1) is 15.6. The molecule has 0 saturated heterocycles. The first-order valence-corrected chi connectivity index (χ1v) is 5.17. The molecule has 0 aliphatic heterocycles. The molecule has 0 aliphatic carbocycles. The van der Waals surface area contributed by atoms with Crippen molar-refractivity contribution in [2.75, 3.05) is 0 Å². The molecule has 0 aliphatic rings. The summed E-state index contributed by atoms with van der Waals surface area (Å²) in [5.41, 5.74) is 0. The zero-order valence-corrected chi connectivity index (χ0v) is 10.0. The highest BCUT2D eigenvalue weighted by Gasteiger charge is 2.07. The van der Waals surface area contributed by atoms with Crippen LogP contribution in [0.3, 0.4) is 0 Å². The number of nitrogens with zero attached hydrogens (tertiary/aromatic N) is 2. The molecule has 1 aromatic heterocycles. The van der Waals surface area contributed by atoms with Crippen LogP contribution in [0, 0.1) is 0 Å². The van der Waals surface area contributed by atoms with Crippen molar-refractivity contribution in [1.82, 2.24) is 10.2 Å². The minimum Gasteiger partial charge on any atom is -0.422 e. The normalized spacial score (nSPS) is 8.57. The Morgan fingerprint density at radius 1 is 1.14 bits per heavy atom. The van der Waals surface area contributed by atoms with Crippen molar-refractivity contribution in [3.63, 3.8) is 0 Å². The lowest BCUT2D eigenvalue weighted by molar-refractivity contribution is 0.235. The first-order chi connectivity index (χ1) is 6.74. The summed E-state index contributed by atoms with van der Waals surface area (Å²) in [6.45, 7) is 11.7. The van der Waals surface area contributed by atoms with Crippen molar-refractivity contribution >= 4 is 0 Å². The van der Waals surface area contributed by atoms with Gasteiger partial charge in [0.25, 0.3) is 0 Å². The van der Waals surface area contributed by atoms with Gasteiger partial charge in [0.2, 0.25) is 11.8 Å². The molecule has 1 heterocycles. The molecule has 0 atom stereocenters. The Labute approximate surface area is 86.4 Å². The van der Waals surface area contributed by atoms with Crippen LogP contribution in [0.2, 0.25) is 0 Å². The second kappa shape index (κ2) is 10.2. The fourth-order valence-electron chi connectivity index (χ4n) is 0.564. The van der Waals surface area contributed by atoms with E-state index >= 15 is 0 Å². The monoisotopic (exact) mass is 202 g/mol. The molecule has 4 nitrogen and oxygen atoms in total. The maximum atomic E-state index is 8.54. The Morgan fingerprint density at radius 3 is 1.86 bits per heavy atom. The lowest BCUT2D eigenvalue weighted by Crippen LogP contribution is -1.85. The molecule has 0 spiro atoms. The van der Waals surface area contributed by atoms with Gasteiger partial charge in [-0.1, -0.05) is 41.5 Å². The minimum atomic E-state index is -0.181. The van der Waals surface area contributed by atoms with Gasteiger partial charge in [0.15, 0.2) is 0 Å². The molecule has 0 saturated carbocycles. The Bertz CT molecular complexity index is 210. The predicted molar refractivity (Wildman–Crippen MR) is 57.0 cm³/mol. The Hall–Kier alpha value is -0.900. The first-order valence-electron chi connectivity index (χ1n) is 5.17. The third-order valence-corrected chi connectivity index (χ3v) is 1.11. The highest BCUT2D eigenvalue weighted by Crippen LogP contribution is 2.11. The Kier molecular flexibility index (Phi) is 11.3. The van der Waals surface area contributed by atoms with Crippen molar-refractivity contribution in [2.45, 2.75) is 54.1 Å². The summed E-state index contributed by atoms with van der Waals surface area (Å²) in [6.07, 6.45) is 0. The van der Waals surface area contributed by atoms with E-state index in [9.17, 15) is 0 Å². The van der Waals surface area contributed by atoms with E-state index in [1.54, 1.807) is 0 Å². The zero-order chi connectivity index (χ0) is 11.6. The number of aromatic nitrogens is 2. The topological polar surface area (TPSA) is 59.2 Å². The maximum absolute atomic E-state index is 8.54. The summed E-state index contributed by atoms with van der Waals surface area (Å²) in [7, 11) is 0. The van der Waals surface area contributed by atoms with Crippen molar-refractivity contribution in [2.24, 2.45) is 0 Å². The molecule has 0 unspecified atom stereocenters. The zero-order valence-electron chi connectivity index (χ0n) is 10.0. The van der Waals surface area contributed by atoms with Crippen molar-refractivity contribution < 1.29 is 9.52 Å². The Morgan fingerprint density at radius 2 is 1.64 bits per heavy atom. The van der Waals surface area contributed by atoms with Gasteiger partial charge in [0.1, 0.15) is 6.61 Å². The molecule has 0 fully saturated rings. The lowest BCUT2D eigenvalue weighted by atomic mass is 10.2. The van der Waals surface area contributed by atoms with Gasteiger partial charge in [-0.05, 0) is 0 Å². The molecule has 84 valence electrons. The lowest BCUT2D eigenvalue weighted by Gasteiger charge is -1.92. The fourth-order valence-corrected chi connectivity index (χ4v) is 0.564. The van der Waals surface area contributed by atoms with Crippen molar-refractivity contribution in [3.8, 4) is 0 Å². The second-order valence-corrected chi connectivity index (χ2v) is 2.35. The average Bonchev–Trinajstić information content (AvgIpc) is 2.72. The predicted octanol–water partition coefficient (Wildman–Crippen LogP) is 2.74. The summed E-state index contributed by atoms with van der Waals surface area (Å²) in [6, 6.07) is 0. The third-order valence-electron chi connectivity index (χ3n) is 1.11. The molecule has 0 amide bonds. The highest BCUT2D eigenvalue weighted by molar-refractivity contribution is 4.85. The van der Waals surface area contributed by atoms with Gasteiger partial charge in [-0.25, -0.2) is 0 Å². The minimum absolute atomic E-state index is 0.181. The van der Waals surface area contributed by atoms with E-state index in [0.29, 0.717) is 5.89 Å². The van der Waals surface area contributed by atoms with Gasteiger partial charge in [-0.15, -0.1) is 10.2 Å². The molecular formula is C10H22N2O2. The van der Waals surface area contributed by atoms with Crippen LogP contribution in [0.15, 0.2) is 4.42 Å². The summed E-state index contributed by atoms with van der Waals surface area (Å²) >= 11 is 0. The summed E-state index contributed by atoms with van der Waals surface area (Å²) < 4.78 is 5.02.